The molecule has 0 spiro atoms. The molecule has 0 fully saturated rings. The van der Waals surface area contributed by atoms with E-state index in [-0.39, 0.29) is 6.61 Å². The van der Waals surface area contributed by atoms with Crippen molar-refractivity contribution in [2.45, 2.75) is 110 Å². The van der Waals surface area contributed by atoms with Gasteiger partial charge in [-0.15, -0.1) is 0 Å². The maximum atomic E-state index is 8.55. The van der Waals surface area contributed by atoms with E-state index in [4.69, 9.17) is 14.6 Å². The van der Waals surface area contributed by atoms with Crippen molar-refractivity contribution >= 4 is 0 Å². The molecule has 0 amide bonds. The lowest BCUT2D eigenvalue weighted by atomic mass is 10.0. The van der Waals surface area contributed by atoms with E-state index < -0.39 is 0 Å². The summed E-state index contributed by atoms with van der Waals surface area (Å²) in [7, 11) is 0. The number of aliphatic hydroxyl groups is 1. The molecule has 0 unspecified atom stereocenters. The maximum Gasteiger partial charge on any atom is 0.0837 e. The van der Waals surface area contributed by atoms with Crippen molar-refractivity contribution in [3.8, 4) is 0 Å². The second-order valence-electron chi connectivity index (χ2n) is 7.11. The summed E-state index contributed by atoms with van der Waals surface area (Å²) in [6, 6.07) is 0. The van der Waals surface area contributed by atoms with Gasteiger partial charge in [-0.1, -0.05) is 103 Å². The molecule has 1 radical (unpaired) electrons. The minimum Gasteiger partial charge on any atom is -0.394 e. The van der Waals surface area contributed by atoms with Gasteiger partial charge >= 0.3 is 0 Å². The molecular formula is C22H45O3. The zero-order valence-electron chi connectivity index (χ0n) is 17.0. The molecule has 1 N–H and O–H groups in total. The third-order valence-corrected chi connectivity index (χ3v) is 4.62. The van der Waals surface area contributed by atoms with E-state index in [2.05, 4.69) is 6.92 Å². The van der Waals surface area contributed by atoms with Crippen LogP contribution < -0.4 is 0 Å². The Morgan fingerprint density at radius 3 is 1.56 bits per heavy atom. The second-order valence-corrected chi connectivity index (χ2v) is 7.11. The molecule has 3 nitrogen and oxygen atoms in total. The lowest BCUT2D eigenvalue weighted by molar-refractivity contribution is 0.0495. The Morgan fingerprint density at radius 1 is 0.600 bits per heavy atom. The largest absolute Gasteiger partial charge is 0.394 e. The molecule has 0 heterocycles. The molecule has 0 aliphatic rings. The number of ether oxygens (including phenoxy) is 2. The van der Waals surface area contributed by atoms with Crippen LogP contribution in [0.1, 0.15) is 110 Å². The van der Waals surface area contributed by atoms with Gasteiger partial charge in [-0.05, 0) is 6.42 Å². The average Bonchev–Trinajstić information content (AvgIpc) is 2.63. The van der Waals surface area contributed by atoms with E-state index in [1.165, 1.54) is 96.3 Å². The highest BCUT2D eigenvalue weighted by Crippen LogP contribution is 2.13. The summed E-state index contributed by atoms with van der Waals surface area (Å²) in [5.41, 5.74) is 0. The smallest absolute Gasteiger partial charge is 0.0837 e. The van der Waals surface area contributed by atoms with Crippen LogP contribution in [0.25, 0.3) is 0 Å². The fraction of sp³-hybridized carbons (Fsp3) is 0.955. The van der Waals surface area contributed by atoms with Gasteiger partial charge in [0.25, 0.3) is 0 Å². The van der Waals surface area contributed by atoms with Crippen LogP contribution in [0.4, 0.5) is 0 Å². The highest BCUT2D eigenvalue weighted by molar-refractivity contribution is 4.53. The lowest BCUT2D eigenvalue weighted by Gasteiger charge is -2.05. The summed E-state index contributed by atoms with van der Waals surface area (Å²) in [5.74, 6) is 0. The highest BCUT2D eigenvalue weighted by Gasteiger charge is 1.95. The van der Waals surface area contributed by atoms with Crippen LogP contribution in [0, 0.1) is 6.61 Å². The van der Waals surface area contributed by atoms with Crippen LogP contribution in [0.15, 0.2) is 0 Å². The molecule has 0 rings (SSSR count). The number of aliphatic hydroxyl groups excluding tert-OH is 1. The third kappa shape index (κ3) is 23.9. The standard InChI is InChI=1S/C22H45O3/c1-2-3-4-5-6-7-8-9-10-11-12-13-14-15-16-17-19-24-21-22-25-20-18-23/h19,23H,2-18,20-22H2,1H3. The Labute approximate surface area is 157 Å². The molecular weight excluding hydrogens is 312 g/mol. The van der Waals surface area contributed by atoms with Gasteiger partial charge in [0.2, 0.25) is 0 Å². The summed E-state index contributed by atoms with van der Waals surface area (Å²) < 4.78 is 10.5. The molecule has 0 bridgehead atoms. The Balaban J connectivity index is 2.94. The first-order valence-corrected chi connectivity index (χ1v) is 11.0. The van der Waals surface area contributed by atoms with Crippen LogP contribution in [-0.4, -0.2) is 31.5 Å². The first-order valence-electron chi connectivity index (χ1n) is 11.0. The molecule has 0 aromatic heterocycles. The van der Waals surface area contributed by atoms with Gasteiger partial charge in [0.15, 0.2) is 0 Å². The molecule has 0 aliphatic heterocycles. The fourth-order valence-electron chi connectivity index (χ4n) is 3.04. The van der Waals surface area contributed by atoms with Crippen molar-refractivity contribution in [1.29, 1.82) is 0 Å². The normalized spacial score (nSPS) is 11.3. The van der Waals surface area contributed by atoms with Gasteiger partial charge in [0.1, 0.15) is 0 Å². The average molecular weight is 358 g/mol. The SMILES string of the molecule is CCCCCCCCCCCCCCCCC[CH]OCCOCCO. The van der Waals surface area contributed by atoms with E-state index >= 15 is 0 Å². The molecule has 0 saturated heterocycles. The van der Waals surface area contributed by atoms with Crippen LogP contribution in [-0.2, 0) is 9.47 Å². The van der Waals surface area contributed by atoms with Crippen molar-refractivity contribution in [3.05, 3.63) is 6.61 Å². The number of unbranched alkanes of at least 4 members (excludes halogenated alkanes) is 15. The van der Waals surface area contributed by atoms with Crippen LogP contribution >= 0.6 is 0 Å². The van der Waals surface area contributed by atoms with Crippen molar-refractivity contribution in [2.75, 3.05) is 26.4 Å². The van der Waals surface area contributed by atoms with E-state index in [0.29, 0.717) is 19.8 Å². The van der Waals surface area contributed by atoms with E-state index in [9.17, 15) is 0 Å². The molecule has 3 heteroatoms. The lowest BCUT2D eigenvalue weighted by Crippen LogP contribution is -2.06. The minimum atomic E-state index is 0.0862. The van der Waals surface area contributed by atoms with Gasteiger partial charge < -0.3 is 14.6 Å². The van der Waals surface area contributed by atoms with Gasteiger partial charge in [-0.25, -0.2) is 0 Å². The Hall–Kier alpha value is -0.120. The summed E-state index contributed by atoms with van der Waals surface area (Å²) in [6.07, 6.45) is 22.1. The molecule has 151 valence electrons. The Morgan fingerprint density at radius 2 is 1.08 bits per heavy atom. The third-order valence-electron chi connectivity index (χ3n) is 4.62. The van der Waals surface area contributed by atoms with Crippen molar-refractivity contribution in [2.24, 2.45) is 0 Å². The van der Waals surface area contributed by atoms with Gasteiger partial charge in [0, 0.05) is 0 Å². The maximum absolute atomic E-state index is 8.55. The topological polar surface area (TPSA) is 38.7 Å². The molecule has 0 aliphatic carbocycles. The molecule has 0 saturated carbocycles. The first kappa shape index (κ1) is 24.9. The molecule has 0 aromatic rings. The Kier molecular flexibility index (Phi) is 23.8. The molecule has 25 heavy (non-hydrogen) atoms. The van der Waals surface area contributed by atoms with Gasteiger partial charge in [-0.2, -0.15) is 0 Å². The monoisotopic (exact) mass is 357 g/mol. The second kappa shape index (κ2) is 23.9. The number of hydrogen-bond donors (Lipinski definition) is 1. The summed E-state index contributed by atoms with van der Waals surface area (Å²) in [6.45, 7) is 5.84. The van der Waals surface area contributed by atoms with Crippen molar-refractivity contribution < 1.29 is 14.6 Å². The Bertz CT molecular complexity index is 199. The fourth-order valence-corrected chi connectivity index (χ4v) is 3.04. The zero-order chi connectivity index (χ0) is 18.3. The summed E-state index contributed by atoms with van der Waals surface area (Å²) in [5, 5.41) is 8.55. The highest BCUT2D eigenvalue weighted by atomic mass is 16.5. The van der Waals surface area contributed by atoms with Crippen molar-refractivity contribution in [3.63, 3.8) is 0 Å². The number of rotatable bonds is 22. The van der Waals surface area contributed by atoms with Crippen LogP contribution in [0.2, 0.25) is 0 Å². The van der Waals surface area contributed by atoms with E-state index in [1.807, 2.05) is 6.61 Å². The van der Waals surface area contributed by atoms with Crippen LogP contribution in [0.5, 0.6) is 0 Å². The quantitative estimate of drug-likeness (QED) is 0.227. The van der Waals surface area contributed by atoms with E-state index in [0.717, 1.165) is 6.42 Å². The predicted molar refractivity (Wildman–Crippen MR) is 108 cm³/mol. The molecule has 0 aromatic carbocycles. The summed E-state index contributed by atoms with van der Waals surface area (Å²) >= 11 is 0. The first-order chi connectivity index (χ1) is 12.4. The van der Waals surface area contributed by atoms with E-state index in [1.54, 1.807) is 0 Å². The minimum absolute atomic E-state index is 0.0862. The zero-order valence-corrected chi connectivity index (χ0v) is 17.0. The molecule has 0 atom stereocenters. The number of hydrogen-bond acceptors (Lipinski definition) is 3. The van der Waals surface area contributed by atoms with Crippen molar-refractivity contribution in [1.82, 2.24) is 0 Å². The predicted octanol–water partition coefficient (Wildman–Crippen LogP) is 6.44. The van der Waals surface area contributed by atoms with Gasteiger partial charge in [0.05, 0.1) is 33.0 Å². The van der Waals surface area contributed by atoms with Gasteiger partial charge in [-0.3, -0.25) is 0 Å². The summed E-state index contributed by atoms with van der Waals surface area (Å²) in [4.78, 5) is 0. The van der Waals surface area contributed by atoms with Crippen LogP contribution in [0.3, 0.4) is 0 Å².